The second kappa shape index (κ2) is 7.50. The van der Waals surface area contributed by atoms with Gasteiger partial charge in [-0.15, -0.1) is 0 Å². The molecule has 1 fully saturated rings. The number of hydrogen-bond acceptors (Lipinski definition) is 3. The Balaban J connectivity index is 1.94. The molecule has 0 radical (unpaired) electrons. The number of nitrogens with zero attached hydrogens (tertiary/aromatic N) is 2. The van der Waals surface area contributed by atoms with Crippen molar-refractivity contribution in [1.29, 1.82) is 0 Å². The summed E-state index contributed by atoms with van der Waals surface area (Å²) < 4.78 is 27.6. The lowest BCUT2D eigenvalue weighted by Crippen LogP contribution is -2.29. The maximum Gasteiger partial charge on any atom is 0.259 e. The van der Waals surface area contributed by atoms with E-state index in [4.69, 9.17) is 0 Å². The predicted octanol–water partition coefficient (Wildman–Crippen LogP) is 3.82. The first-order valence-electron chi connectivity index (χ1n) is 8.45. The summed E-state index contributed by atoms with van der Waals surface area (Å²) in [6.45, 7) is 3.05. The number of hydrogen-bond donors (Lipinski definition) is 0. The van der Waals surface area contributed by atoms with E-state index in [1.165, 1.54) is 15.3 Å². The molecule has 0 saturated carbocycles. The molecular weight excluding hydrogens is 416 g/mol. The number of sulfonamides is 1. The van der Waals surface area contributed by atoms with Gasteiger partial charge in [-0.2, -0.15) is 4.31 Å². The molecule has 1 heterocycles. The predicted molar refractivity (Wildman–Crippen MR) is 106 cm³/mol. The van der Waals surface area contributed by atoms with Crippen molar-refractivity contribution in [3.05, 3.63) is 58.1 Å². The number of benzene rings is 2. The summed E-state index contributed by atoms with van der Waals surface area (Å²) in [6, 6.07) is 12.2. The minimum atomic E-state index is -3.57. The van der Waals surface area contributed by atoms with Crippen molar-refractivity contribution in [3.8, 4) is 0 Å². The standard InChI is InChI=1S/C19H21BrN2O3S/c1-14-5-7-15(8-6-14)21(2)19(23)17-13-16(9-10-18(17)20)26(24,25)22-11-3-4-12-22/h5-10,13H,3-4,11-12H2,1-2H3. The first kappa shape index (κ1) is 19.1. The lowest BCUT2D eigenvalue weighted by Gasteiger charge is -2.20. The third-order valence-corrected chi connectivity index (χ3v) is 7.18. The average Bonchev–Trinajstić information content (AvgIpc) is 3.17. The molecular formula is C19H21BrN2O3S. The summed E-state index contributed by atoms with van der Waals surface area (Å²) in [7, 11) is -1.88. The Morgan fingerprint density at radius 3 is 2.31 bits per heavy atom. The Morgan fingerprint density at radius 1 is 1.08 bits per heavy atom. The second-order valence-corrected chi connectivity index (χ2v) is 9.24. The number of aryl methyl sites for hydroxylation is 1. The van der Waals surface area contributed by atoms with E-state index in [9.17, 15) is 13.2 Å². The van der Waals surface area contributed by atoms with Gasteiger partial charge in [-0.3, -0.25) is 4.79 Å². The number of halogens is 1. The fourth-order valence-electron chi connectivity index (χ4n) is 2.97. The zero-order valence-electron chi connectivity index (χ0n) is 14.8. The van der Waals surface area contributed by atoms with Crippen molar-refractivity contribution in [2.75, 3.05) is 25.0 Å². The Labute approximate surface area is 162 Å². The summed E-state index contributed by atoms with van der Waals surface area (Å²) in [5.41, 5.74) is 2.18. The SMILES string of the molecule is Cc1ccc(N(C)C(=O)c2cc(S(=O)(=O)N3CCCC3)ccc2Br)cc1. The van der Waals surface area contributed by atoms with Crippen LogP contribution in [0.3, 0.4) is 0 Å². The molecule has 0 bridgehead atoms. The third kappa shape index (κ3) is 3.70. The number of rotatable bonds is 4. The Kier molecular flexibility index (Phi) is 5.50. The smallest absolute Gasteiger partial charge is 0.259 e. The molecule has 0 aliphatic carbocycles. The second-order valence-electron chi connectivity index (χ2n) is 6.45. The van der Waals surface area contributed by atoms with Crippen molar-refractivity contribution in [3.63, 3.8) is 0 Å². The molecule has 138 valence electrons. The Bertz CT molecular complexity index is 920. The van der Waals surface area contributed by atoms with E-state index in [0.29, 0.717) is 23.1 Å². The summed E-state index contributed by atoms with van der Waals surface area (Å²) in [6.07, 6.45) is 1.75. The lowest BCUT2D eigenvalue weighted by molar-refractivity contribution is 0.0992. The van der Waals surface area contributed by atoms with Crippen molar-refractivity contribution in [2.24, 2.45) is 0 Å². The van der Waals surface area contributed by atoms with Gasteiger partial charge in [0, 0.05) is 30.3 Å². The molecule has 0 spiro atoms. The van der Waals surface area contributed by atoms with Crippen LogP contribution in [0.15, 0.2) is 51.8 Å². The van der Waals surface area contributed by atoms with Crippen LogP contribution in [0.25, 0.3) is 0 Å². The summed E-state index contributed by atoms with van der Waals surface area (Å²) >= 11 is 3.38. The van der Waals surface area contributed by atoms with Crippen LogP contribution in [0.4, 0.5) is 5.69 Å². The van der Waals surface area contributed by atoms with Gasteiger partial charge in [-0.1, -0.05) is 17.7 Å². The van der Waals surface area contributed by atoms with Crippen LogP contribution in [-0.2, 0) is 10.0 Å². The lowest BCUT2D eigenvalue weighted by atomic mass is 10.1. The van der Waals surface area contributed by atoms with E-state index >= 15 is 0 Å². The van der Waals surface area contributed by atoms with E-state index in [1.54, 1.807) is 19.2 Å². The molecule has 0 unspecified atom stereocenters. The van der Waals surface area contributed by atoms with Crippen LogP contribution < -0.4 is 4.90 Å². The van der Waals surface area contributed by atoms with Gasteiger partial charge >= 0.3 is 0 Å². The van der Waals surface area contributed by atoms with Gasteiger partial charge in [0.05, 0.1) is 10.5 Å². The molecule has 0 atom stereocenters. The Morgan fingerprint density at radius 2 is 1.69 bits per heavy atom. The highest BCUT2D eigenvalue weighted by molar-refractivity contribution is 9.10. The van der Waals surface area contributed by atoms with E-state index in [2.05, 4.69) is 15.9 Å². The Hall–Kier alpha value is -1.70. The fourth-order valence-corrected chi connectivity index (χ4v) is 4.93. The van der Waals surface area contributed by atoms with Gasteiger partial charge in [-0.05, 0) is 66.0 Å². The summed E-state index contributed by atoms with van der Waals surface area (Å²) in [4.78, 5) is 14.6. The van der Waals surface area contributed by atoms with E-state index in [0.717, 1.165) is 24.1 Å². The molecule has 2 aromatic rings. The molecule has 5 nitrogen and oxygen atoms in total. The molecule has 0 N–H and O–H groups in total. The van der Waals surface area contributed by atoms with E-state index < -0.39 is 10.0 Å². The van der Waals surface area contributed by atoms with Gasteiger partial charge < -0.3 is 4.90 Å². The van der Waals surface area contributed by atoms with Gasteiger partial charge in [0.1, 0.15) is 0 Å². The molecule has 1 saturated heterocycles. The molecule has 1 amide bonds. The van der Waals surface area contributed by atoms with Crippen LogP contribution in [0.5, 0.6) is 0 Å². The third-order valence-electron chi connectivity index (χ3n) is 4.60. The summed E-state index contributed by atoms with van der Waals surface area (Å²) in [5, 5.41) is 0. The quantitative estimate of drug-likeness (QED) is 0.731. The fraction of sp³-hybridized carbons (Fsp3) is 0.316. The molecule has 0 aromatic heterocycles. The molecule has 1 aliphatic heterocycles. The maximum atomic E-state index is 12.9. The van der Waals surface area contributed by atoms with Crippen molar-refractivity contribution in [1.82, 2.24) is 4.31 Å². The summed E-state index contributed by atoms with van der Waals surface area (Å²) in [5.74, 6) is -0.265. The number of amides is 1. The van der Waals surface area contributed by atoms with Gasteiger partial charge in [-0.25, -0.2) is 8.42 Å². The van der Waals surface area contributed by atoms with Crippen LogP contribution >= 0.6 is 15.9 Å². The van der Waals surface area contributed by atoms with Gasteiger partial charge in [0.2, 0.25) is 10.0 Å². The molecule has 3 rings (SSSR count). The molecule has 2 aromatic carbocycles. The largest absolute Gasteiger partial charge is 0.311 e. The normalized spacial score (nSPS) is 15.2. The minimum Gasteiger partial charge on any atom is -0.311 e. The maximum absolute atomic E-state index is 12.9. The first-order chi connectivity index (χ1) is 12.3. The average molecular weight is 437 g/mol. The van der Waals surface area contributed by atoms with Crippen LogP contribution in [0, 0.1) is 6.92 Å². The molecule has 1 aliphatic rings. The zero-order valence-corrected chi connectivity index (χ0v) is 17.2. The van der Waals surface area contributed by atoms with Crippen molar-refractivity contribution >= 4 is 37.5 Å². The number of carbonyl (C=O) groups excluding carboxylic acids is 1. The van der Waals surface area contributed by atoms with Gasteiger partial charge in [0.15, 0.2) is 0 Å². The van der Waals surface area contributed by atoms with Crippen LogP contribution in [0.2, 0.25) is 0 Å². The minimum absolute atomic E-state index is 0.156. The molecule has 26 heavy (non-hydrogen) atoms. The highest BCUT2D eigenvalue weighted by atomic mass is 79.9. The van der Waals surface area contributed by atoms with Gasteiger partial charge in [0.25, 0.3) is 5.91 Å². The van der Waals surface area contributed by atoms with Crippen molar-refractivity contribution in [2.45, 2.75) is 24.7 Å². The van der Waals surface area contributed by atoms with E-state index in [1.807, 2.05) is 31.2 Å². The number of carbonyl (C=O) groups is 1. The molecule has 7 heteroatoms. The van der Waals surface area contributed by atoms with Crippen LogP contribution in [0.1, 0.15) is 28.8 Å². The monoisotopic (exact) mass is 436 g/mol. The van der Waals surface area contributed by atoms with Crippen LogP contribution in [-0.4, -0.2) is 38.8 Å². The highest BCUT2D eigenvalue weighted by Crippen LogP contribution is 2.27. The topological polar surface area (TPSA) is 57.7 Å². The zero-order chi connectivity index (χ0) is 18.9. The highest BCUT2D eigenvalue weighted by Gasteiger charge is 2.28. The first-order valence-corrected chi connectivity index (χ1v) is 10.7. The van der Waals surface area contributed by atoms with Crippen molar-refractivity contribution < 1.29 is 13.2 Å². The van der Waals surface area contributed by atoms with E-state index in [-0.39, 0.29) is 10.8 Å². The number of anilines is 1.